The molecule has 1 aliphatic rings. The van der Waals surface area contributed by atoms with Gasteiger partial charge in [-0.15, -0.1) is 0 Å². The molecule has 0 spiro atoms. The molecule has 6 heteroatoms. The Bertz CT molecular complexity index is 450. The van der Waals surface area contributed by atoms with Crippen molar-refractivity contribution in [3.05, 3.63) is 32.3 Å². The summed E-state index contributed by atoms with van der Waals surface area (Å²) in [6.45, 7) is 1.94. The van der Waals surface area contributed by atoms with Gasteiger partial charge in [-0.05, 0) is 12.5 Å². The van der Waals surface area contributed by atoms with Crippen LogP contribution in [0, 0.1) is 10.1 Å². The normalized spacial score (nSPS) is 22.7. The molecule has 2 atom stereocenters. The quantitative estimate of drug-likeness (QED) is 0.669. The van der Waals surface area contributed by atoms with E-state index in [1.807, 2.05) is 6.92 Å². The lowest BCUT2D eigenvalue weighted by molar-refractivity contribution is -0.385. The van der Waals surface area contributed by atoms with Crippen molar-refractivity contribution < 1.29 is 9.66 Å². The fourth-order valence-electron chi connectivity index (χ4n) is 1.89. The van der Waals surface area contributed by atoms with Crippen LogP contribution in [0.2, 0.25) is 0 Å². The molecule has 0 saturated carbocycles. The lowest BCUT2D eigenvalue weighted by Gasteiger charge is -2.11. The summed E-state index contributed by atoms with van der Waals surface area (Å²) in [4.78, 5) is 10.4. The highest BCUT2D eigenvalue weighted by Gasteiger charge is 2.37. The molecule has 2 N–H and O–H groups in total. The van der Waals surface area contributed by atoms with Gasteiger partial charge in [0.2, 0.25) is 5.75 Å². The maximum Gasteiger partial charge on any atom is 0.311 e. The van der Waals surface area contributed by atoms with Crippen LogP contribution in [0.1, 0.15) is 24.9 Å². The predicted octanol–water partition coefficient (Wildman–Crippen LogP) is 2.53. The van der Waals surface area contributed by atoms with E-state index in [2.05, 4.69) is 15.9 Å². The summed E-state index contributed by atoms with van der Waals surface area (Å²) in [6.07, 6.45) is 0.534. The highest BCUT2D eigenvalue weighted by molar-refractivity contribution is 9.10. The number of halogens is 1. The van der Waals surface area contributed by atoms with E-state index in [1.54, 1.807) is 6.07 Å². The molecule has 2 unspecified atom stereocenters. The fraction of sp³-hybridized carbons (Fsp3) is 0.400. The Balaban J connectivity index is 2.57. The van der Waals surface area contributed by atoms with Crippen LogP contribution in [0.4, 0.5) is 5.69 Å². The van der Waals surface area contributed by atoms with Crippen LogP contribution in [0.5, 0.6) is 5.75 Å². The standard InChI is InChI=1S/C10H11BrN2O3/c1-2-7-9(12)8-5(11)3-4-6(13(14)15)10(8)16-7/h3-4,7,9H,2,12H2,1H3. The molecule has 0 fully saturated rings. The van der Waals surface area contributed by atoms with Crippen molar-refractivity contribution in [2.24, 2.45) is 5.73 Å². The summed E-state index contributed by atoms with van der Waals surface area (Å²) in [7, 11) is 0. The summed E-state index contributed by atoms with van der Waals surface area (Å²) in [5.41, 5.74) is 6.67. The van der Waals surface area contributed by atoms with Crippen LogP contribution in [0.15, 0.2) is 16.6 Å². The first kappa shape index (κ1) is 11.3. The number of fused-ring (bicyclic) bond motifs is 1. The first-order chi connectivity index (χ1) is 7.56. The van der Waals surface area contributed by atoms with E-state index in [0.29, 0.717) is 11.3 Å². The fourth-order valence-corrected chi connectivity index (χ4v) is 2.47. The molecule has 0 aromatic heterocycles. The number of ether oxygens (including phenoxy) is 1. The van der Waals surface area contributed by atoms with Gasteiger partial charge in [0.1, 0.15) is 6.10 Å². The molecular formula is C10H11BrN2O3. The predicted molar refractivity (Wildman–Crippen MR) is 62.4 cm³/mol. The van der Waals surface area contributed by atoms with Crippen LogP contribution >= 0.6 is 15.9 Å². The molecule has 0 aliphatic carbocycles. The SMILES string of the molecule is CCC1Oc2c([N+](=O)[O-])ccc(Br)c2C1N. The maximum absolute atomic E-state index is 10.8. The summed E-state index contributed by atoms with van der Waals surface area (Å²) in [5.74, 6) is 0.304. The Kier molecular flexibility index (Phi) is 2.86. The molecule has 1 aromatic rings. The Morgan fingerprint density at radius 1 is 1.62 bits per heavy atom. The first-order valence-electron chi connectivity index (χ1n) is 4.95. The highest BCUT2D eigenvalue weighted by atomic mass is 79.9. The van der Waals surface area contributed by atoms with E-state index in [4.69, 9.17) is 10.5 Å². The van der Waals surface area contributed by atoms with Crippen LogP contribution in [0.3, 0.4) is 0 Å². The average molecular weight is 287 g/mol. The van der Waals surface area contributed by atoms with Gasteiger partial charge in [-0.25, -0.2) is 0 Å². The van der Waals surface area contributed by atoms with Crippen molar-refractivity contribution in [2.75, 3.05) is 0 Å². The molecule has 16 heavy (non-hydrogen) atoms. The Hall–Kier alpha value is -1.14. The number of nitro groups is 1. The number of nitrogens with zero attached hydrogens (tertiary/aromatic N) is 1. The van der Waals surface area contributed by atoms with E-state index in [-0.39, 0.29) is 17.8 Å². The second-order valence-electron chi connectivity index (χ2n) is 3.66. The molecule has 0 amide bonds. The lowest BCUT2D eigenvalue weighted by Crippen LogP contribution is -2.24. The third-order valence-electron chi connectivity index (χ3n) is 2.72. The second-order valence-corrected chi connectivity index (χ2v) is 4.51. The van der Waals surface area contributed by atoms with Crippen LogP contribution in [0.25, 0.3) is 0 Å². The summed E-state index contributed by atoms with van der Waals surface area (Å²) >= 11 is 3.35. The van der Waals surface area contributed by atoms with Gasteiger partial charge in [0, 0.05) is 16.1 Å². The number of benzene rings is 1. The summed E-state index contributed by atoms with van der Waals surface area (Å²) in [5, 5.41) is 10.8. The van der Waals surface area contributed by atoms with Crippen LogP contribution in [-0.2, 0) is 0 Å². The number of nitrogens with two attached hydrogens (primary N) is 1. The van der Waals surface area contributed by atoms with Crippen molar-refractivity contribution in [3.63, 3.8) is 0 Å². The molecule has 1 heterocycles. The van der Waals surface area contributed by atoms with Crippen LogP contribution < -0.4 is 10.5 Å². The summed E-state index contributed by atoms with van der Waals surface area (Å²) in [6, 6.07) is 2.75. The van der Waals surface area contributed by atoms with Crippen molar-refractivity contribution in [1.29, 1.82) is 0 Å². The maximum atomic E-state index is 10.8. The monoisotopic (exact) mass is 286 g/mol. The van der Waals surface area contributed by atoms with E-state index in [0.717, 1.165) is 10.9 Å². The third kappa shape index (κ3) is 1.58. The molecule has 0 radical (unpaired) electrons. The molecular weight excluding hydrogens is 276 g/mol. The van der Waals surface area contributed by atoms with E-state index >= 15 is 0 Å². The largest absolute Gasteiger partial charge is 0.481 e. The average Bonchev–Trinajstić information content (AvgIpc) is 2.56. The minimum atomic E-state index is -0.448. The second kappa shape index (κ2) is 4.03. The van der Waals surface area contributed by atoms with Gasteiger partial charge < -0.3 is 10.5 Å². The van der Waals surface area contributed by atoms with Gasteiger partial charge in [0.15, 0.2) is 0 Å². The molecule has 0 bridgehead atoms. The molecule has 5 nitrogen and oxygen atoms in total. The summed E-state index contributed by atoms with van der Waals surface area (Å²) < 4.78 is 6.31. The van der Waals surface area contributed by atoms with Gasteiger partial charge in [-0.1, -0.05) is 22.9 Å². The lowest BCUT2D eigenvalue weighted by atomic mass is 10.0. The van der Waals surface area contributed by atoms with Gasteiger partial charge in [0.05, 0.1) is 11.0 Å². The number of nitro benzene ring substituents is 1. The number of hydrogen-bond acceptors (Lipinski definition) is 4. The van der Waals surface area contributed by atoms with Crippen LogP contribution in [-0.4, -0.2) is 11.0 Å². The number of rotatable bonds is 2. The van der Waals surface area contributed by atoms with E-state index in [9.17, 15) is 10.1 Å². The zero-order valence-electron chi connectivity index (χ0n) is 8.64. The molecule has 1 aromatic carbocycles. The minimum Gasteiger partial charge on any atom is -0.481 e. The highest BCUT2D eigenvalue weighted by Crippen LogP contribution is 2.46. The first-order valence-corrected chi connectivity index (χ1v) is 5.74. The minimum absolute atomic E-state index is 0.0235. The molecule has 1 aliphatic heterocycles. The molecule has 0 saturated heterocycles. The Labute approximate surface area is 101 Å². The van der Waals surface area contributed by atoms with E-state index in [1.165, 1.54) is 6.07 Å². The zero-order valence-corrected chi connectivity index (χ0v) is 10.2. The topological polar surface area (TPSA) is 78.4 Å². The van der Waals surface area contributed by atoms with Gasteiger partial charge >= 0.3 is 5.69 Å². The van der Waals surface area contributed by atoms with Crippen molar-refractivity contribution in [2.45, 2.75) is 25.5 Å². The zero-order chi connectivity index (χ0) is 11.9. The van der Waals surface area contributed by atoms with Gasteiger partial charge in [0.25, 0.3) is 0 Å². The molecule has 2 rings (SSSR count). The smallest absolute Gasteiger partial charge is 0.311 e. The third-order valence-corrected chi connectivity index (χ3v) is 3.42. The molecule has 86 valence electrons. The number of hydrogen-bond donors (Lipinski definition) is 1. The van der Waals surface area contributed by atoms with Crippen molar-refractivity contribution in [1.82, 2.24) is 0 Å². The van der Waals surface area contributed by atoms with Gasteiger partial charge in [-0.3, -0.25) is 10.1 Å². The Morgan fingerprint density at radius 3 is 2.88 bits per heavy atom. The Morgan fingerprint density at radius 2 is 2.31 bits per heavy atom. The van der Waals surface area contributed by atoms with Gasteiger partial charge in [-0.2, -0.15) is 0 Å². The van der Waals surface area contributed by atoms with Crippen molar-refractivity contribution >= 4 is 21.6 Å². The van der Waals surface area contributed by atoms with E-state index < -0.39 is 4.92 Å². The van der Waals surface area contributed by atoms with Crippen molar-refractivity contribution in [3.8, 4) is 5.75 Å².